The van der Waals surface area contributed by atoms with Crippen molar-refractivity contribution in [1.29, 1.82) is 0 Å². The molecule has 0 spiro atoms. The Balaban J connectivity index is 1.61. The van der Waals surface area contributed by atoms with E-state index in [0.717, 1.165) is 12.3 Å². The first-order chi connectivity index (χ1) is 9.60. The van der Waals surface area contributed by atoms with Crippen LogP contribution in [0.15, 0.2) is 12.3 Å². The van der Waals surface area contributed by atoms with Crippen molar-refractivity contribution in [3.63, 3.8) is 0 Å². The third-order valence-corrected chi connectivity index (χ3v) is 5.49. The number of hydrogen-bond acceptors (Lipinski definition) is 2. The molecule has 2 saturated carbocycles. The fraction of sp³-hybridized carbons (Fsp3) is 0.824. The van der Waals surface area contributed by atoms with Gasteiger partial charge in [-0.1, -0.05) is 33.1 Å². The molecule has 1 aromatic rings. The number of nitrogens with one attached hydrogen (secondary N) is 1. The van der Waals surface area contributed by atoms with Gasteiger partial charge in [-0.25, -0.2) is 0 Å². The van der Waals surface area contributed by atoms with Crippen LogP contribution >= 0.6 is 0 Å². The van der Waals surface area contributed by atoms with Crippen molar-refractivity contribution in [2.24, 2.45) is 11.3 Å². The second-order valence-corrected chi connectivity index (χ2v) is 7.48. The van der Waals surface area contributed by atoms with E-state index in [2.05, 4.69) is 43.2 Å². The molecule has 20 heavy (non-hydrogen) atoms. The predicted octanol–water partition coefficient (Wildman–Crippen LogP) is 3.56. The summed E-state index contributed by atoms with van der Waals surface area (Å²) in [5.74, 6) is 0.812. The first-order valence-electron chi connectivity index (χ1n) is 8.31. The van der Waals surface area contributed by atoms with Crippen LogP contribution in [0.4, 0.5) is 0 Å². The highest BCUT2D eigenvalue weighted by molar-refractivity contribution is 5.09. The van der Waals surface area contributed by atoms with Crippen molar-refractivity contribution in [2.75, 3.05) is 7.05 Å². The highest BCUT2D eigenvalue weighted by Crippen LogP contribution is 2.53. The third kappa shape index (κ3) is 2.93. The zero-order valence-corrected chi connectivity index (χ0v) is 13.2. The third-order valence-electron chi connectivity index (χ3n) is 5.49. The number of rotatable bonds is 5. The number of hydrogen-bond donors (Lipinski definition) is 1. The summed E-state index contributed by atoms with van der Waals surface area (Å²) in [6.45, 7) is 4.76. The molecule has 3 rings (SSSR count). The normalized spacial score (nSPS) is 27.4. The number of aromatic nitrogens is 2. The Bertz CT molecular complexity index is 443. The highest BCUT2D eigenvalue weighted by atomic mass is 15.3. The fourth-order valence-corrected chi connectivity index (χ4v) is 3.90. The first-order valence-corrected chi connectivity index (χ1v) is 8.31. The fourth-order valence-electron chi connectivity index (χ4n) is 3.90. The molecule has 2 aliphatic carbocycles. The molecule has 0 radical (unpaired) electrons. The molecule has 3 nitrogen and oxygen atoms in total. The molecule has 112 valence electrons. The van der Waals surface area contributed by atoms with E-state index >= 15 is 0 Å². The Labute approximate surface area is 123 Å². The topological polar surface area (TPSA) is 29.9 Å². The zero-order valence-electron chi connectivity index (χ0n) is 13.2. The van der Waals surface area contributed by atoms with Crippen molar-refractivity contribution in [3.8, 4) is 0 Å². The molecule has 2 unspecified atom stereocenters. The molecule has 2 fully saturated rings. The van der Waals surface area contributed by atoms with E-state index in [9.17, 15) is 0 Å². The van der Waals surface area contributed by atoms with Gasteiger partial charge in [-0.05, 0) is 43.7 Å². The Hall–Kier alpha value is -0.830. The van der Waals surface area contributed by atoms with Gasteiger partial charge in [-0.15, -0.1) is 0 Å². The second kappa shape index (κ2) is 5.51. The smallest absolute Gasteiger partial charge is 0.0640 e. The largest absolute Gasteiger partial charge is 0.316 e. The van der Waals surface area contributed by atoms with E-state index in [4.69, 9.17) is 5.10 Å². The maximum absolute atomic E-state index is 4.86. The van der Waals surface area contributed by atoms with Crippen LogP contribution in [-0.4, -0.2) is 22.9 Å². The molecular weight excluding hydrogens is 246 g/mol. The van der Waals surface area contributed by atoms with Crippen molar-refractivity contribution in [1.82, 2.24) is 15.1 Å². The summed E-state index contributed by atoms with van der Waals surface area (Å²) in [5.41, 5.74) is 1.79. The lowest BCUT2D eigenvalue weighted by Gasteiger charge is -2.22. The molecule has 1 aromatic heterocycles. The minimum absolute atomic E-state index is 0.527. The van der Waals surface area contributed by atoms with Gasteiger partial charge in [0.15, 0.2) is 0 Å². The van der Waals surface area contributed by atoms with Crippen LogP contribution in [0.3, 0.4) is 0 Å². The lowest BCUT2D eigenvalue weighted by molar-refractivity contribution is 0.326. The first kappa shape index (κ1) is 14.1. The van der Waals surface area contributed by atoms with Gasteiger partial charge in [0.2, 0.25) is 0 Å². The van der Waals surface area contributed by atoms with Crippen LogP contribution in [0.2, 0.25) is 0 Å². The van der Waals surface area contributed by atoms with Crippen LogP contribution in [0, 0.1) is 11.3 Å². The van der Waals surface area contributed by atoms with E-state index in [1.165, 1.54) is 44.2 Å². The van der Waals surface area contributed by atoms with Gasteiger partial charge >= 0.3 is 0 Å². The second-order valence-electron chi connectivity index (χ2n) is 7.48. The highest BCUT2D eigenvalue weighted by Gasteiger charge is 2.49. The Morgan fingerprint density at radius 2 is 2.05 bits per heavy atom. The van der Waals surface area contributed by atoms with Crippen LogP contribution in [-0.2, 0) is 6.42 Å². The van der Waals surface area contributed by atoms with Crippen LogP contribution in [0.5, 0.6) is 0 Å². The molecule has 0 amide bonds. The molecule has 1 N–H and O–H groups in total. The maximum atomic E-state index is 4.86. The zero-order chi connectivity index (χ0) is 14.2. The molecule has 3 heteroatoms. The van der Waals surface area contributed by atoms with Crippen molar-refractivity contribution in [3.05, 3.63) is 18.0 Å². The van der Waals surface area contributed by atoms with Crippen LogP contribution in [0.1, 0.15) is 64.1 Å². The molecule has 0 aliphatic heterocycles. The van der Waals surface area contributed by atoms with Gasteiger partial charge in [0.1, 0.15) is 0 Å². The van der Waals surface area contributed by atoms with E-state index in [0.29, 0.717) is 17.5 Å². The summed E-state index contributed by atoms with van der Waals surface area (Å²) in [7, 11) is 2.09. The summed E-state index contributed by atoms with van der Waals surface area (Å²) < 4.78 is 2.24. The maximum Gasteiger partial charge on any atom is 0.0640 e. The monoisotopic (exact) mass is 275 g/mol. The van der Waals surface area contributed by atoms with Gasteiger partial charge < -0.3 is 5.32 Å². The van der Waals surface area contributed by atoms with E-state index in [-0.39, 0.29) is 0 Å². The quantitative estimate of drug-likeness (QED) is 0.890. The van der Waals surface area contributed by atoms with Gasteiger partial charge in [-0.3, -0.25) is 4.68 Å². The van der Waals surface area contributed by atoms with E-state index < -0.39 is 0 Å². The molecule has 0 saturated heterocycles. The summed E-state index contributed by atoms with van der Waals surface area (Å²) in [6, 6.07) is 3.47. The number of likely N-dealkylation sites (N-methyl/N-ethyl adjacent to an activating group) is 1. The molecule has 2 aliphatic rings. The van der Waals surface area contributed by atoms with Gasteiger partial charge in [0, 0.05) is 18.7 Å². The minimum Gasteiger partial charge on any atom is -0.316 e. The van der Waals surface area contributed by atoms with Crippen molar-refractivity contribution < 1.29 is 0 Å². The summed E-state index contributed by atoms with van der Waals surface area (Å²) >= 11 is 0. The van der Waals surface area contributed by atoms with Gasteiger partial charge in [0.25, 0.3) is 0 Å². The van der Waals surface area contributed by atoms with Gasteiger partial charge in [0.05, 0.1) is 11.7 Å². The minimum atomic E-state index is 0.527. The predicted molar refractivity (Wildman–Crippen MR) is 82.8 cm³/mol. The van der Waals surface area contributed by atoms with Crippen molar-refractivity contribution in [2.45, 2.75) is 70.9 Å². The summed E-state index contributed by atoms with van der Waals surface area (Å²) in [5, 5.41) is 8.36. The molecule has 0 aromatic carbocycles. The average molecular weight is 275 g/mol. The number of nitrogens with zero attached hydrogens (tertiary/aromatic N) is 2. The van der Waals surface area contributed by atoms with Crippen LogP contribution < -0.4 is 5.32 Å². The molecule has 2 atom stereocenters. The Kier molecular flexibility index (Phi) is 3.89. The Morgan fingerprint density at radius 1 is 1.35 bits per heavy atom. The van der Waals surface area contributed by atoms with E-state index in [1.807, 2.05) is 0 Å². The molecule has 0 bridgehead atoms. The van der Waals surface area contributed by atoms with Crippen molar-refractivity contribution >= 4 is 0 Å². The standard InChI is InChI=1S/C17H29N3/c1-17(2)12-15(17)16(18-3)11-13-9-10-20(19-13)14-7-5-4-6-8-14/h9-10,14-16,18H,4-8,11-12H2,1-3H3. The lowest BCUT2D eigenvalue weighted by Crippen LogP contribution is -2.31. The van der Waals surface area contributed by atoms with E-state index in [1.54, 1.807) is 0 Å². The molecule has 1 heterocycles. The SMILES string of the molecule is CNC(Cc1ccn(C2CCCCC2)n1)C1CC1(C)C. The summed E-state index contributed by atoms with van der Waals surface area (Å²) in [6.07, 6.45) is 11.4. The van der Waals surface area contributed by atoms with Gasteiger partial charge in [-0.2, -0.15) is 5.10 Å². The Morgan fingerprint density at radius 3 is 2.65 bits per heavy atom. The summed E-state index contributed by atoms with van der Waals surface area (Å²) in [4.78, 5) is 0. The van der Waals surface area contributed by atoms with Crippen LogP contribution in [0.25, 0.3) is 0 Å². The average Bonchev–Trinajstić information content (AvgIpc) is 2.89. The lowest BCUT2D eigenvalue weighted by atomic mass is 9.96. The molecular formula is C17H29N3.